The Kier molecular flexibility index (Phi) is 19.4. The van der Waals surface area contributed by atoms with E-state index in [2.05, 4.69) is 13.5 Å². The SMILES string of the molecule is C=CCOC(=O)C[C@H]1CC2CCOCC[C@@H](O)CC(=O)O[C@@H](CO)C[C@@H]3C/C(=C\C(=O)OC)[C@H](OC(=O)CCCCCCC)[C@@](O)(O3)C(C)(C)/C=C/[C@H](O2)O1. The molecule has 0 radical (unpaired) electrons. The second kappa shape index (κ2) is 23.1. The number of hydrogen-bond donors (Lipinski definition) is 3. The molecular formula is C40H62O15. The van der Waals surface area contributed by atoms with Crippen molar-refractivity contribution in [2.75, 3.05) is 33.5 Å². The molecule has 3 heterocycles. The number of methoxy groups -OCH3 is 1. The smallest absolute Gasteiger partial charge is 0.330 e. The summed E-state index contributed by atoms with van der Waals surface area (Å²) in [5.74, 6) is -4.94. The first-order valence-electron chi connectivity index (χ1n) is 19.4. The van der Waals surface area contributed by atoms with E-state index >= 15 is 0 Å². The van der Waals surface area contributed by atoms with Gasteiger partial charge >= 0.3 is 23.9 Å². The molecule has 2 saturated heterocycles. The van der Waals surface area contributed by atoms with Gasteiger partial charge in [-0.3, -0.25) is 14.4 Å². The third-order valence-corrected chi connectivity index (χ3v) is 9.88. The molecule has 2 fully saturated rings. The molecule has 3 aliphatic rings. The molecule has 0 aliphatic carbocycles. The van der Waals surface area contributed by atoms with Gasteiger partial charge in [0.25, 0.3) is 0 Å². The summed E-state index contributed by atoms with van der Waals surface area (Å²) in [6, 6.07) is 0. The van der Waals surface area contributed by atoms with Crippen LogP contribution >= 0.6 is 0 Å². The molecule has 3 rings (SSSR count). The monoisotopic (exact) mass is 782 g/mol. The molecule has 4 bridgehead atoms. The Morgan fingerprint density at radius 3 is 2.44 bits per heavy atom. The maximum Gasteiger partial charge on any atom is 0.330 e. The number of carbonyl (C=O) groups excluding carboxylic acids is 4. The Balaban J connectivity index is 2.04. The van der Waals surface area contributed by atoms with E-state index in [4.69, 9.17) is 37.9 Å². The highest BCUT2D eigenvalue weighted by molar-refractivity contribution is 5.83. The first-order chi connectivity index (χ1) is 26.2. The van der Waals surface area contributed by atoms with Crippen molar-refractivity contribution in [2.24, 2.45) is 5.41 Å². The molecule has 3 N–H and O–H groups in total. The number of ether oxygens (including phenoxy) is 8. The molecule has 8 atom stereocenters. The maximum atomic E-state index is 13.3. The van der Waals surface area contributed by atoms with Crippen molar-refractivity contribution in [3.05, 3.63) is 36.5 Å². The summed E-state index contributed by atoms with van der Waals surface area (Å²) in [6.45, 7) is 8.80. The lowest BCUT2D eigenvalue weighted by Gasteiger charge is -2.51. The fraction of sp³-hybridized carbons (Fsp3) is 0.750. The second-order valence-corrected chi connectivity index (χ2v) is 14.9. The highest BCUT2D eigenvalue weighted by atomic mass is 16.7. The Labute approximate surface area is 324 Å². The van der Waals surface area contributed by atoms with Crippen LogP contribution in [0.3, 0.4) is 0 Å². The topological polar surface area (TPSA) is 203 Å². The van der Waals surface area contributed by atoms with Crippen molar-refractivity contribution in [1.29, 1.82) is 0 Å². The van der Waals surface area contributed by atoms with E-state index in [0.29, 0.717) is 19.3 Å². The van der Waals surface area contributed by atoms with E-state index in [1.165, 1.54) is 13.2 Å². The predicted molar refractivity (Wildman–Crippen MR) is 197 cm³/mol. The van der Waals surface area contributed by atoms with Gasteiger partial charge in [0.15, 0.2) is 12.4 Å². The number of aliphatic hydroxyl groups excluding tert-OH is 2. The molecule has 0 saturated carbocycles. The average molecular weight is 783 g/mol. The molecule has 0 amide bonds. The molecule has 1 unspecified atom stereocenters. The standard InChI is InChI=1S/C40H62O15/c1-6-8-9-10-11-12-33(43)54-38-27(21-34(44)48-5)20-31-24-32(26-41)51-36(46)22-28(42)14-18-49-19-15-29-23-30(25-35(45)50-17-7-2)53-37(52-29)13-16-39(3,4)40(38,47)55-31/h7,13,16,21,28-32,37-38,41-42,47H,2,6,8-12,14-15,17-20,22-26H2,1,3-5H3/b16-13+,27-21+/t28-,29?,30-,31+,32-,37-,38+,40-/m1/s1. The summed E-state index contributed by atoms with van der Waals surface area (Å²) in [5, 5.41) is 33.4. The van der Waals surface area contributed by atoms with Crippen LogP contribution in [0.15, 0.2) is 36.5 Å². The lowest BCUT2D eigenvalue weighted by Crippen LogP contribution is -2.62. The number of aliphatic hydroxyl groups is 3. The van der Waals surface area contributed by atoms with Gasteiger partial charge in [0.2, 0.25) is 5.79 Å². The maximum absolute atomic E-state index is 13.3. The molecule has 3 aliphatic heterocycles. The van der Waals surface area contributed by atoms with Gasteiger partial charge in [-0.1, -0.05) is 65.2 Å². The number of hydrogen-bond acceptors (Lipinski definition) is 15. The van der Waals surface area contributed by atoms with E-state index in [9.17, 15) is 34.5 Å². The van der Waals surface area contributed by atoms with Crippen LogP contribution in [0.1, 0.15) is 104 Å². The summed E-state index contributed by atoms with van der Waals surface area (Å²) in [4.78, 5) is 51.4. The van der Waals surface area contributed by atoms with Crippen LogP contribution in [-0.4, -0.2) is 121 Å². The zero-order valence-corrected chi connectivity index (χ0v) is 32.8. The zero-order chi connectivity index (χ0) is 40.4. The first-order valence-corrected chi connectivity index (χ1v) is 19.4. The molecule has 15 nitrogen and oxygen atoms in total. The number of esters is 4. The summed E-state index contributed by atoms with van der Waals surface area (Å²) < 4.78 is 46.1. The van der Waals surface area contributed by atoms with Crippen LogP contribution in [-0.2, 0) is 57.1 Å². The number of rotatable bonds is 13. The van der Waals surface area contributed by atoms with Crippen LogP contribution in [0.4, 0.5) is 0 Å². The third kappa shape index (κ3) is 15.0. The van der Waals surface area contributed by atoms with E-state index in [1.54, 1.807) is 26.0 Å². The number of fused-ring (bicyclic) bond motifs is 4. The molecule has 312 valence electrons. The number of unbranched alkanes of at least 4 members (excludes halogenated alkanes) is 4. The van der Waals surface area contributed by atoms with Gasteiger partial charge in [-0.15, -0.1) is 0 Å². The van der Waals surface area contributed by atoms with E-state index in [0.717, 1.165) is 31.8 Å². The minimum atomic E-state index is -2.35. The normalized spacial score (nSPS) is 32.0. The largest absolute Gasteiger partial charge is 0.466 e. The van der Waals surface area contributed by atoms with Gasteiger partial charge in [0.05, 0.1) is 51.0 Å². The third-order valence-electron chi connectivity index (χ3n) is 9.88. The molecule has 0 spiro atoms. The zero-order valence-electron chi connectivity index (χ0n) is 32.8. The van der Waals surface area contributed by atoms with E-state index in [-0.39, 0.29) is 63.9 Å². The van der Waals surface area contributed by atoms with Crippen LogP contribution in [0.25, 0.3) is 0 Å². The van der Waals surface area contributed by atoms with Crippen molar-refractivity contribution in [3.8, 4) is 0 Å². The molecule has 15 heteroatoms. The van der Waals surface area contributed by atoms with Crippen molar-refractivity contribution in [3.63, 3.8) is 0 Å². The quantitative estimate of drug-likeness (QED) is 0.0798. The van der Waals surface area contributed by atoms with Crippen LogP contribution in [0.5, 0.6) is 0 Å². The summed E-state index contributed by atoms with van der Waals surface area (Å²) in [7, 11) is 1.19. The second-order valence-electron chi connectivity index (χ2n) is 14.9. The Bertz CT molecular complexity index is 1310. The van der Waals surface area contributed by atoms with Gasteiger partial charge in [-0.05, 0) is 37.3 Å². The molecule has 0 aromatic heterocycles. The molecular weight excluding hydrogens is 720 g/mol. The summed E-state index contributed by atoms with van der Waals surface area (Å²) in [6.07, 6.45) is 3.96. The van der Waals surface area contributed by atoms with Crippen molar-refractivity contribution < 1.29 is 72.4 Å². The van der Waals surface area contributed by atoms with Crippen LogP contribution < -0.4 is 0 Å². The van der Waals surface area contributed by atoms with Crippen LogP contribution in [0, 0.1) is 5.41 Å². The highest BCUT2D eigenvalue weighted by Crippen LogP contribution is 2.47. The first kappa shape index (κ1) is 46.2. The molecule has 55 heavy (non-hydrogen) atoms. The predicted octanol–water partition coefficient (Wildman–Crippen LogP) is 3.89. The van der Waals surface area contributed by atoms with E-state index < -0.39 is 84.6 Å². The van der Waals surface area contributed by atoms with Gasteiger partial charge in [0.1, 0.15) is 12.7 Å². The minimum absolute atomic E-state index is 0.0516. The lowest BCUT2D eigenvalue weighted by atomic mass is 9.74. The van der Waals surface area contributed by atoms with Gasteiger partial charge < -0.3 is 53.2 Å². The Morgan fingerprint density at radius 2 is 1.73 bits per heavy atom. The van der Waals surface area contributed by atoms with Crippen molar-refractivity contribution in [1.82, 2.24) is 0 Å². The minimum Gasteiger partial charge on any atom is -0.466 e. The van der Waals surface area contributed by atoms with Crippen molar-refractivity contribution in [2.45, 2.75) is 153 Å². The van der Waals surface area contributed by atoms with Crippen LogP contribution in [0.2, 0.25) is 0 Å². The molecule has 0 aromatic carbocycles. The number of cyclic esters (lactones) is 1. The number of carbonyl (C=O) groups is 4. The summed E-state index contributed by atoms with van der Waals surface area (Å²) >= 11 is 0. The highest BCUT2D eigenvalue weighted by Gasteiger charge is 2.57. The van der Waals surface area contributed by atoms with E-state index in [1.807, 2.05) is 0 Å². The van der Waals surface area contributed by atoms with Gasteiger partial charge in [-0.25, -0.2) is 4.79 Å². The fourth-order valence-electron chi connectivity index (χ4n) is 6.74. The Hall–Kier alpha value is -3.18. The van der Waals surface area contributed by atoms with Gasteiger partial charge in [0, 0.05) is 44.0 Å². The average Bonchev–Trinajstić information content (AvgIpc) is 3.13. The summed E-state index contributed by atoms with van der Waals surface area (Å²) in [5.41, 5.74) is -1.22. The fourth-order valence-corrected chi connectivity index (χ4v) is 6.74. The van der Waals surface area contributed by atoms with Gasteiger partial charge in [-0.2, -0.15) is 0 Å². The Morgan fingerprint density at radius 1 is 1.00 bits per heavy atom. The lowest BCUT2D eigenvalue weighted by molar-refractivity contribution is -0.327. The molecule has 0 aromatic rings. The van der Waals surface area contributed by atoms with Crippen molar-refractivity contribution >= 4 is 23.9 Å².